The van der Waals surface area contributed by atoms with Crippen LogP contribution in [0.5, 0.6) is 6.01 Å². The van der Waals surface area contributed by atoms with Crippen molar-refractivity contribution in [2.24, 2.45) is 0 Å². The molecule has 0 radical (unpaired) electrons. The van der Waals surface area contributed by atoms with Gasteiger partial charge in [0.1, 0.15) is 29.5 Å². The van der Waals surface area contributed by atoms with Crippen LogP contribution in [0.3, 0.4) is 0 Å². The van der Waals surface area contributed by atoms with Crippen LogP contribution in [-0.4, -0.2) is 60.3 Å². The number of hydrogen-bond acceptors (Lipinski definition) is 7. The first-order valence-corrected chi connectivity index (χ1v) is 12.4. The van der Waals surface area contributed by atoms with Crippen molar-refractivity contribution >= 4 is 27.5 Å². The summed E-state index contributed by atoms with van der Waals surface area (Å²) in [5.74, 6) is 1.86. The van der Waals surface area contributed by atoms with E-state index >= 15 is 4.39 Å². The molecule has 2 bridgehead atoms. The van der Waals surface area contributed by atoms with Gasteiger partial charge in [-0.25, -0.2) is 8.78 Å². The van der Waals surface area contributed by atoms with E-state index in [2.05, 4.69) is 36.4 Å². The molecular formula is C28H26F2N6O. The predicted octanol–water partition coefficient (Wildman–Crippen LogP) is 3.64. The number of benzene rings is 2. The van der Waals surface area contributed by atoms with Crippen LogP contribution in [-0.2, 0) is 0 Å². The van der Waals surface area contributed by atoms with Crippen LogP contribution in [0.15, 0.2) is 36.5 Å². The summed E-state index contributed by atoms with van der Waals surface area (Å²) in [5, 5.41) is 8.27. The van der Waals surface area contributed by atoms with Crippen molar-refractivity contribution in [3.8, 4) is 29.6 Å². The standard InChI is InChI=1S/C28H26F2N6O/c1-3-19-22(29)10-7-16-5-4-6-20(23(16)19)25-24(30)26-21(13-32-25)27(35-28(34-26)37-12-11-31-2)36-14-17-8-9-18(15-36)33-17/h1,4-7,10,13,17-18,31,33H,8-9,11-12,14-15H2,2H3. The Morgan fingerprint density at radius 2 is 1.97 bits per heavy atom. The first kappa shape index (κ1) is 23.5. The molecule has 9 heteroatoms. The third-order valence-electron chi connectivity index (χ3n) is 7.14. The van der Waals surface area contributed by atoms with Gasteiger partial charge in [0.05, 0.1) is 10.9 Å². The minimum absolute atomic E-state index is 0.0476. The van der Waals surface area contributed by atoms with Crippen molar-refractivity contribution < 1.29 is 13.5 Å². The maximum atomic E-state index is 16.3. The van der Waals surface area contributed by atoms with E-state index in [0.717, 1.165) is 25.9 Å². The minimum atomic E-state index is -0.627. The Morgan fingerprint density at radius 1 is 1.16 bits per heavy atom. The molecule has 7 nitrogen and oxygen atoms in total. The lowest BCUT2D eigenvalue weighted by molar-refractivity contribution is 0.294. The van der Waals surface area contributed by atoms with Crippen LogP contribution in [0.4, 0.5) is 14.6 Å². The Labute approximate surface area is 213 Å². The van der Waals surface area contributed by atoms with Gasteiger partial charge in [-0.3, -0.25) is 4.98 Å². The summed E-state index contributed by atoms with van der Waals surface area (Å²) in [4.78, 5) is 15.8. The number of pyridine rings is 1. The second-order valence-corrected chi connectivity index (χ2v) is 9.48. The molecule has 6 rings (SSSR count). The highest BCUT2D eigenvalue weighted by Gasteiger charge is 2.34. The van der Waals surface area contributed by atoms with Crippen molar-refractivity contribution in [3.63, 3.8) is 0 Å². The van der Waals surface area contributed by atoms with Crippen molar-refractivity contribution in [1.29, 1.82) is 0 Å². The fraction of sp³-hybridized carbons (Fsp3) is 0.321. The lowest BCUT2D eigenvalue weighted by atomic mass is 9.96. The lowest BCUT2D eigenvalue weighted by Crippen LogP contribution is -2.51. The van der Waals surface area contributed by atoms with E-state index in [0.29, 0.717) is 52.8 Å². The first-order valence-electron chi connectivity index (χ1n) is 12.4. The number of rotatable bonds is 6. The summed E-state index contributed by atoms with van der Waals surface area (Å²) in [6.45, 7) is 2.45. The molecule has 188 valence electrons. The molecule has 4 heterocycles. The van der Waals surface area contributed by atoms with Gasteiger partial charge in [0, 0.05) is 48.9 Å². The van der Waals surface area contributed by atoms with E-state index in [9.17, 15) is 4.39 Å². The first-order chi connectivity index (χ1) is 18.1. The van der Waals surface area contributed by atoms with Gasteiger partial charge in [0.15, 0.2) is 5.82 Å². The zero-order valence-corrected chi connectivity index (χ0v) is 20.4. The van der Waals surface area contributed by atoms with Gasteiger partial charge in [0.2, 0.25) is 0 Å². The van der Waals surface area contributed by atoms with Gasteiger partial charge in [-0.1, -0.05) is 30.2 Å². The number of likely N-dealkylation sites (N-methyl/N-ethyl adjacent to an activating group) is 1. The number of piperazine rings is 1. The molecular weight excluding hydrogens is 474 g/mol. The van der Waals surface area contributed by atoms with Gasteiger partial charge in [-0.05, 0) is 31.3 Å². The largest absolute Gasteiger partial charge is 0.462 e. The molecule has 2 aliphatic rings. The van der Waals surface area contributed by atoms with Gasteiger partial charge >= 0.3 is 6.01 Å². The molecule has 0 spiro atoms. The number of aromatic nitrogens is 3. The molecule has 2 unspecified atom stereocenters. The van der Waals surface area contributed by atoms with Gasteiger partial charge in [-0.2, -0.15) is 9.97 Å². The molecule has 2 N–H and O–H groups in total. The number of hydrogen-bond donors (Lipinski definition) is 2. The molecule has 0 amide bonds. The number of nitrogens with zero attached hydrogens (tertiary/aromatic N) is 4. The van der Waals surface area contributed by atoms with Gasteiger partial charge < -0.3 is 20.3 Å². The van der Waals surface area contributed by atoms with Crippen LogP contribution in [0, 0.1) is 24.0 Å². The molecule has 0 aliphatic carbocycles. The number of ether oxygens (including phenoxy) is 1. The van der Waals surface area contributed by atoms with E-state index in [1.807, 2.05) is 13.1 Å². The van der Waals surface area contributed by atoms with E-state index in [1.54, 1.807) is 24.4 Å². The predicted molar refractivity (Wildman–Crippen MR) is 140 cm³/mol. The number of anilines is 1. The van der Waals surface area contributed by atoms with E-state index in [-0.39, 0.29) is 22.8 Å². The quantitative estimate of drug-likeness (QED) is 0.309. The van der Waals surface area contributed by atoms with Gasteiger partial charge in [-0.15, -0.1) is 6.42 Å². The average Bonchev–Trinajstić information content (AvgIpc) is 3.25. The average molecular weight is 501 g/mol. The van der Waals surface area contributed by atoms with Crippen molar-refractivity contribution in [1.82, 2.24) is 25.6 Å². The maximum absolute atomic E-state index is 16.3. The molecule has 2 aromatic carbocycles. The van der Waals surface area contributed by atoms with Crippen molar-refractivity contribution in [2.45, 2.75) is 24.9 Å². The van der Waals surface area contributed by atoms with E-state index in [1.165, 1.54) is 6.07 Å². The minimum Gasteiger partial charge on any atom is -0.462 e. The summed E-state index contributed by atoms with van der Waals surface area (Å²) in [7, 11) is 1.82. The maximum Gasteiger partial charge on any atom is 0.319 e. The smallest absolute Gasteiger partial charge is 0.319 e. The number of nitrogens with one attached hydrogen (secondary N) is 2. The zero-order chi connectivity index (χ0) is 25.5. The monoisotopic (exact) mass is 500 g/mol. The Hall–Kier alpha value is -3.87. The second kappa shape index (κ2) is 9.54. The summed E-state index contributed by atoms with van der Waals surface area (Å²) in [6, 6.07) is 9.05. The van der Waals surface area contributed by atoms with Crippen LogP contribution < -0.4 is 20.3 Å². The Balaban J connectivity index is 1.54. The SMILES string of the molecule is C#Cc1c(F)ccc2cccc(-c3ncc4c(N5CC6CCC(C5)N6)nc(OCCNC)nc4c3F)c12. The van der Waals surface area contributed by atoms with Crippen LogP contribution in [0.2, 0.25) is 0 Å². The Kier molecular flexibility index (Phi) is 6.07. The fourth-order valence-electron chi connectivity index (χ4n) is 5.42. The van der Waals surface area contributed by atoms with Crippen LogP contribution in [0.1, 0.15) is 18.4 Å². The number of terminal acetylenes is 1. The number of halogens is 2. The summed E-state index contributed by atoms with van der Waals surface area (Å²) < 4.78 is 36.7. The summed E-state index contributed by atoms with van der Waals surface area (Å²) in [6.07, 6.45) is 9.44. The van der Waals surface area contributed by atoms with Gasteiger partial charge in [0.25, 0.3) is 0 Å². The second-order valence-electron chi connectivity index (χ2n) is 9.48. The van der Waals surface area contributed by atoms with Crippen LogP contribution in [0.25, 0.3) is 32.9 Å². The van der Waals surface area contributed by atoms with Crippen LogP contribution >= 0.6 is 0 Å². The topological polar surface area (TPSA) is 75.2 Å². The molecule has 2 saturated heterocycles. The Morgan fingerprint density at radius 3 is 2.73 bits per heavy atom. The number of fused-ring (bicyclic) bond motifs is 4. The molecule has 2 fully saturated rings. The highest BCUT2D eigenvalue weighted by atomic mass is 19.1. The lowest BCUT2D eigenvalue weighted by Gasteiger charge is -2.34. The highest BCUT2D eigenvalue weighted by molar-refractivity contribution is 6.02. The summed E-state index contributed by atoms with van der Waals surface area (Å²) >= 11 is 0. The third-order valence-corrected chi connectivity index (χ3v) is 7.14. The van der Waals surface area contributed by atoms with Crippen molar-refractivity contribution in [2.75, 3.05) is 38.2 Å². The highest BCUT2D eigenvalue weighted by Crippen LogP contribution is 2.37. The zero-order valence-electron chi connectivity index (χ0n) is 20.4. The molecule has 2 aliphatic heterocycles. The summed E-state index contributed by atoms with van der Waals surface area (Å²) in [5.41, 5.74) is 0.634. The van der Waals surface area contributed by atoms with E-state index < -0.39 is 11.6 Å². The molecule has 2 atom stereocenters. The fourth-order valence-corrected chi connectivity index (χ4v) is 5.42. The normalized spacial score (nSPS) is 18.9. The van der Waals surface area contributed by atoms with E-state index in [4.69, 9.17) is 11.2 Å². The molecule has 4 aromatic rings. The molecule has 37 heavy (non-hydrogen) atoms. The van der Waals surface area contributed by atoms with Crippen molar-refractivity contribution in [3.05, 3.63) is 53.7 Å². The molecule has 0 saturated carbocycles. The third kappa shape index (κ3) is 4.12. The molecule has 2 aromatic heterocycles. The Bertz CT molecular complexity index is 1540.